The van der Waals surface area contributed by atoms with E-state index in [1.165, 1.54) is 6.07 Å². The van der Waals surface area contributed by atoms with Gasteiger partial charge in [0, 0.05) is 11.8 Å². The number of H-pyrrole nitrogens is 1. The summed E-state index contributed by atoms with van der Waals surface area (Å²) in [5.74, 6) is -2.48. The lowest BCUT2D eigenvalue weighted by Gasteiger charge is -2.10. The van der Waals surface area contributed by atoms with Crippen LogP contribution in [0.25, 0.3) is 0 Å². The van der Waals surface area contributed by atoms with Crippen molar-refractivity contribution in [2.45, 2.75) is 19.5 Å². The Morgan fingerprint density at radius 3 is 2.67 bits per heavy atom. The minimum atomic E-state index is -4.86. The molecule has 0 atom stereocenters. The number of anilines is 1. The first kappa shape index (κ1) is 15.0. The molecule has 0 aliphatic rings. The van der Waals surface area contributed by atoms with Crippen molar-refractivity contribution >= 4 is 11.7 Å². The SMILES string of the molecule is CCc1cc(NC(=O)c2cccc(C(F)(F)F)c2F)n[nH]1. The molecule has 1 aromatic heterocycles. The first-order valence-corrected chi connectivity index (χ1v) is 6.04. The van der Waals surface area contributed by atoms with E-state index in [-0.39, 0.29) is 5.82 Å². The molecular weight excluding hydrogens is 290 g/mol. The predicted octanol–water partition coefficient (Wildman–Crippen LogP) is 3.38. The van der Waals surface area contributed by atoms with Crippen LogP contribution in [-0.4, -0.2) is 16.1 Å². The number of nitrogens with zero attached hydrogens (tertiary/aromatic N) is 1. The first-order valence-electron chi connectivity index (χ1n) is 6.04. The molecule has 0 saturated carbocycles. The second-order valence-electron chi connectivity index (χ2n) is 4.25. The summed E-state index contributed by atoms with van der Waals surface area (Å²) in [5.41, 5.74) is -1.44. The summed E-state index contributed by atoms with van der Waals surface area (Å²) in [7, 11) is 0. The minimum Gasteiger partial charge on any atom is -0.305 e. The Hall–Kier alpha value is -2.38. The van der Waals surface area contributed by atoms with Crippen molar-refractivity contribution < 1.29 is 22.4 Å². The van der Waals surface area contributed by atoms with E-state index in [9.17, 15) is 22.4 Å². The van der Waals surface area contributed by atoms with Gasteiger partial charge in [-0.1, -0.05) is 13.0 Å². The van der Waals surface area contributed by atoms with E-state index >= 15 is 0 Å². The second kappa shape index (κ2) is 5.55. The van der Waals surface area contributed by atoms with Crippen LogP contribution in [0.2, 0.25) is 0 Å². The molecule has 2 N–H and O–H groups in total. The van der Waals surface area contributed by atoms with Gasteiger partial charge in [0.1, 0.15) is 5.82 Å². The van der Waals surface area contributed by atoms with Crippen LogP contribution in [-0.2, 0) is 12.6 Å². The number of aromatic amines is 1. The summed E-state index contributed by atoms with van der Waals surface area (Å²) >= 11 is 0. The number of rotatable bonds is 3. The molecule has 112 valence electrons. The van der Waals surface area contributed by atoms with Crippen LogP contribution in [0.15, 0.2) is 24.3 Å². The summed E-state index contributed by atoms with van der Waals surface area (Å²) in [5, 5.41) is 8.62. The highest BCUT2D eigenvalue weighted by Gasteiger charge is 2.35. The van der Waals surface area contributed by atoms with E-state index in [0.717, 1.165) is 17.8 Å². The number of benzene rings is 1. The lowest BCUT2D eigenvalue weighted by Crippen LogP contribution is -2.17. The van der Waals surface area contributed by atoms with Gasteiger partial charge in [-0.05, 0) is 18.6 Å². The molecule has 2 rings (SSSR count). The molecule has 0 unspecified atom stereocenters. The Labute approximate surface area is 117 Å². The molecule has 1 heterocycles. The van der Waals surface area contributed by atoms with Crippen LogP contribution < -0.4 is 5.32 Å². The maximum Gasteiger partial charge on any atom is 0.419 e. The van der Waals surface area contributed by atoms with Crippen molar-refractivity contribution in [3.05, 3.63) is 46.9 Å². The number of hydrogen-bond acceptors (Lipinski definition) is 2. The zero-order valence-electron chi connectivity index (χ0n) is 10.9. The van der Waals surface area contributed by atoms with Gasteiger partial charge in [-0.15, -0.1) is 0 Å². The average Bonchev–Trinajstić information content (AvgIpc) is 2.85. The van der Waals surface area contributed by atoms with Crippen LogP contribution in [0, 0.1) is 5.82 Å². The number of aromatic nitrogens is 2. The number of carbonyl (C=O) groups is 1. The van der Waals surface area contributed by atoms with Gasteiger partial charge in [0.15, 0.2) is 5.82 Å². The molecule has 21 heavy (non-hydrogen) atoms. The van der Waals surface area contributed by atoms with E-state index in [4.69, 9.17) is 0 Å². The van der Waals surface area contributed by atoms with Crippen molar-refractivity contribution in [2.24, 2.45) is 0 Å². The molecular formula is C13H11F4N3O. The summed E-state index contributed by atoms with van der Waals surface area (Å²) in [6, 6.07) is 4.05. The fourth-order valence-corrected chi connectivity index (χ4v) is 1.72. The molecule has 0 fully saturated rings. The third kappa shape index (κ3) is 3.21. The molecule has 8 heteroatoms. The highest BCUT2D eigenvalue weighted by atomic mass is 19.4. The third-order valence-corrected chi connectivity index (χ3v) is 2.80. The highest BCUT2D eigenvalue weighted by Crippen LogP contribution is 2.32. The average molecular weight is 301 g/mol. The first-order chi connectivity index (χ1) is 9.82. The summed E-state index contributed by atoms with van der Waals surface area (Å²) in [4.78, 5) is 11.8. The molecule has 0 saturated heterocycles. The molecule has 4 nitrogen and oxygen atoms in total. The molecule has 0 radical (unpaired) electrons. The van der Waals surface area contributed by atoms with Crippen molar-refractivity contribution in [3.63, 3.8) is 0 Å². The minimum absolute atomic E-state index is 0.119. The van der Waals surface area contributed by atoms with Crippen LogP contribution in [0.3, 0.4) is 0 Å². The zero-order valence-corrected chi connectivity index (χ0v) is 10.9. The number of aryl methyl sites for hydroxylation is 1. The van der Waals surface area contributed by atoms with E-state index < -0.39 is 29.0 Å². The third-order valence-electron chi connectivity index (χ3n) is 2.80. The van der Waals surface area contributed by atoms with Crippen LogP contribution in [0.4, 0.5) is 23.4 Å². The summed E-state index contributed by atoms with van der Waals surface area (Å²) < 4.78 is 51.5. The van der Waals surface area contributed by atoms with Gasteiger partial charge in [-0.3, -0.25) is 9.89 Å². The van der Waals surface area contributed by atoms with E-state index in [0.29, 0.717) is 12.5 Å². The number of carbonyl (C=O) groups excluding carboxylic acids is 1. The van der Waals surface area contributed by atoms with Gasteiger partial charge >= 0.3 is 6.18 Å². The maximum atomic E-state index is 13.8. The smallest absolute Gasteiger partial charge is 0.305 e. The van der Waals surface area contributed by atoms with Crippen molar-refractivity contribution in [3.8, 4) is 0 Å². The molecule has 0 aliphatic heterocycles. The van der Waals surface area contributed by atoms with E-state index in [1.54, 1.807) is 0 Å². The quantitative estimate of drug-likeness (QED) is 0.854. The summed E-state index contributed by atoms with van der Waals surface area (Å²) in [6.45, 7) is 1.85. The van der Waals surface area contributed by atoms with Crippen molar-refractivity contribution in [1.82, 2.24) is 10.2 Å². The van der Waals surface area contributed by atoms with Gasteiger partial charge in [-0.25, -0.2) is 4.39 Å². The molecule has 2 aromatic rings. The molecule has 1 aromatic carbocycles. The Morgan fingerprint density at radius 2 is 2.10 bits per heavy atom. The normalized spacial score (nSPS) is 11.5. The fraction of sp³-hybridized carbons (Fsp3) is 0.231. The van der Waals surface area contributed by atoms with E-state index in [2.05, 4.69) is 15.5 Å². The van der Waals surface area contributed by atoms with Crippen LogP contribution in [0.5, 0.6) is 0 Å². The maximum absolute atomic E-state index is 13.8. The fourth-order valence-electron chi connectivity index (χ4n) is 1.72. The van der Waals surface area contributed by atoms with Gasteiger partial charge in [0.25, 0.3) is 5.91 Å². The van der Waals surface area contributed by atoms with Crippen molar-refractivity contribution in [2.75, 3.05) is 5.32 Å². The number of halogens is 4. The molecule has 0 bridgehead atoms. The Bertz CT molecular complexity index is 664. The Kier molecular flexibility index (Phi) is 3.97. The largest absolute Gasteiger partial charge is 0.419 e. The standard InChI is InChI=1S/C13H11F4N3O/c1-2-7-6-10(20-19-7)18-12(21)8-4-3-5-9(11(8)14)13(15,16)17/h3-6H,2H2,1H3,(H2,18,19,20,21). The van der Waals surface area contributed by atoms with Crippen LogP contribution in [0.1, 0.15) is 28.5 Å². The van der Waals surface area contributed by atoms with Gasteiger partial charge < -0.3 is 5.32 Å². The highest BCUT2D eigenvalue weighted by molar-refractivity contribution is 6.04. The zero-order chi connectivity index (χ0) is 15.6. The van der Waals surface area contributed by atoms with Crippen LogP contribution >= 0.6 is 0 Å². The van der Waals surface area contributed by atoms with Gasteiger partial charge in [-0.2, -0.15) is 18.3 Å². The van der Waals surface area contributed by atoms with Gasteiger partial charge in [0.2, 0.25) is 0 Å². The second-order valence-corrected chi connectivity index (χ2v) is 4.25. The summed E-state index contributed by atoms with van der Waals surface area (Å²) in [6.07, 6.45) is -4.22. The number of nitrogens with one attached hydrogen (secondary N) is 2. The Balaban J connectivity index is 2.27. The van der Waals surface area contributed by atoms with Crippen molar-refractivity contribution in [1.29, 1.82) is 0 Å². The van der Waals surface area contributed by atoms with Gasteiger partial charge in [0.05, 0.1) is 11.1 Å². The lowest BCUT2D eigenvalue weighted by atomic mass is 10.1. The molecule has 1 amide bonds. The lowest BCUT2D eigenvalue weighted by molar-refractivity contribution is -0.140. The number of hydrogen-bond donors (Lipinski definition) is 2. The number of alkyl halides is 3. The van der Waals surface area contributed by atoms with E-state index in [1.807, 2.05) is 6.92 Å². The molecule has 0 aliphatic carbocycles. The Morgan fingerprint density at radius 1 is 1.38 bits per heavy atom. The molecule has 0 spiro atoms. The number of amides is 1. The topological polar surface area (TPSA) is 57.8 Å². The monoisotopic (exact) mass is 301 g/mol. The predicted molar refractivity (Wildman–Crippen MR) is 67.3 cm³/mol.